The summed E-state index contributed by atoms with van der Waals surface area (Å²) in [5, 5.41) is 17.0. The number of aliphatic hydroxyl groups excluding tert-OH is 1. The molecule has 46 heavy (non-hydrogen) atoms. The Bertz CT molecular complexity index is 1260. The topological polar surface area (TPSA) is 163 Å². The third-order valence-electron chi connectivity index (χ3n) is 7.09. The van der Waals surface area contributed by atoms with Crippen molar-refractivity contribution in [3.63, 3.8) is 0 Å². The molecule has 0 spiro atoms. The summed E-state index contributed by atoms with van der Waals surface area (Å²) in [4.78, 5) is 65.1. The predicted octanol–water partition coefficient (Wildman–Crippen LogP) is 2.27. The molecule has 12 nitrogen and oxygen atoms in total. The van der Waals surface area contributed by atoms with E-state index in [9.17, 15) is 24.0 Å². The summed E-state index contributed by atoms with van der Waals surface area (Å²) in [6, 6.07) is 15.0. The van der Waals surface area contributed by atoms with E-state index in [0.717, 1.165) is 5.56 Å². The van der Waals surface area contributed by atoms with Crippen LogP contribution in [-0.4, -0.2) is 84.5 Å². The molecular weight excluding hydrogens is 592 g/mol. The van der Waals surface area contributed by atoms with E-state index in [0.29, 0.717) is 43.6 Å². The second kappa shape index (κ2) is 21.3. The van der Waals surface area contributed by atoms with Crippen LogP contribution >= 0.6 is 0 Å². The maximum Gasteiger partial charge on any atom is 0.325 e. The smallest absolute Gasteiger partial charge is 0.325 e. The van der Waals surface area contributed by atoms with E-state index in [1.807, 2.05) is 37.3 Å². The maximum absolute atomic E-state index is 13.3. The van der Waals surface area contributed by atoms with E-state index >= 15 is 0 Å². The number of amides is 4. The Balaban J connectivity index is 1.86. The van der Waals surface area contributed by atoms with Gasteiger partial charge >= 0.3 is 5.97 Å². The fourth-order valence-electron chi connectivity index (χ4n) is 4.77. The Kier molecular flexibility index (Phi) is 17.5. The number of carbonyl (C=O) groups is 5. The van der Waals surface area contributed by atoms with Crippen LogP contribution in [0, 0.1) is 0 Å². The Morgan fingerprint density at radius 3 is 2.28 bits per heavy atom. The molecule has 0 fully saturated rings. The van der Waals surface area contributed by atoms with Gasteiger partial charge in [0.2, 0.25) is 23.6 Å². The van der Waals surface area contributed by atoms with Crippen molar-refractivity contribution in [3.05, 3.63) is 65.7 Å². The fourth-order valence-corrected chi connectivity index (χ4v) is 4.77. The average Bonchev–Trinajstić information content (AvgIpc) is 3.05. The molecular formula is C34H48N4O8. The van der Waals surface area contributed by atoms with Crippen LogP contribution < -0.4 is 20.7 Å². The average molecular weight is 641 g/mol. The first-order valence-corrected chi connectivity index (χ1v) is 15.9. The van der Waals surface area contributed by atoms with E-state index in [2.05, 4.69) is 16.0 Å². The number of ether oxygens (including phenoxy) is 2. The summed E-state index contributed by atoms with van der Waals surface area (Å²) in [7, 11) is 0. The van der Waals surface area contributed by atoms with Crippen LogP contribution in [0.1, 0.15) is 64.0 Å². The van der Waals surface area contributed by atoms with Crippen molar-refractivity contribution in [2.45, 2.75) is 78.0 Å². The molecule has 2 rings (SSSR count). The van der Waals surface area contributed by atoms with Gasteiger partial charge in [-0.1, -0.05) is 62.7 Å². The lowest BCUT2D eigenvalue weighted by Crippen LogP contribution is -2.54. The molecule has 0 radical (unpaired) electrons. The second-order valence-electron chi connectivity index (χ2n) is 10.8. The molecule has 0 aliphatic carbocycles. The molecule has 0 aromatic heterocycles. The quantitative estimate of drug-likeness (QED) is 0.119. The van der Waals surface area contributed by atoms with Crippen LogP contribution in [0.15, 0.2) is 54.6 Å². The summed E-state index contributed by atoms with van der Waals surface area (Å²) in [5.41, 5.74) is 1.54. The molecule has 2 aromatic rings. The van der Waals surface area contributed by atoms with Gasteiger partial charge in [-0.2, -0.15) is 0 Å². The van der Waals surface area contributed by atoms with E-state index in [4.69, 9.17) is 14.6 Å². The molecule has 0 saturated carbocycles. The van der Waals surface area contributed by atoms with E-state index < -0.39 is 35.8 Å². The van der Waals surface area contributed by atoms with E-state index in [1.54, 1.807) is 38.1 Å². The number of hydrogen-bond donors (Lipinski definition) is 4. The molecule has 0 saturated heterocycles. The minimum absolute atomic E-state index is 0.0253. The van der Waals surface area contributed by atoms with E-state index in [1.165, 1.54) is 4.90 Å². The molecule has 0 aliphatic rings. The lowest BCUT2D eigenvalue weighted by Gasteiger charge is -2.31. The molecule has 4 N–H and O–H groups in total. The minimum atomic E-state index is -0.794. The monoisotopic (exact) mass is 640 g/mol. The van der Waals surface area contributed by atoms with Crippen LogP contribution in [0.5, 0.6) is 5.75 Å². The molecule has 252 valence electrons. The molecule has 2 atom stereocenters. The zero-order valence-corrected chi connectivity index (χ0v) is 27.1. The van der Waals surface area contributed by atoms with Crippen LogP contribution in [-0.2, 0) is 41.7 Å². The van der Waals surface area contributed by atoms with Crippen LogP contribution in [0.2, 0.25) is 0 Å². The zero-order chi connectivity index (χ0) is 33.7. The summed E-state index contributed by atoms with van der Waals surface area (Å²) >= 11 is 0. The van der Waals surface area contributed by atoms with Crippen molar-refractivity contribution < 1.29 is 38.6 Å². The van der Waals surface area contributed by atoms with Gasteiger partial charge in [0.25, 0.3) is 0 Å². The summed E-state index contributed by atoms with van der Waals surface area (Å²) in [6.45, 7) is 5.65. The summed E-state index contributed by atoms with van der Waals surface area (Å²) in [5.74, 6) is -1.54. The fraction of sp³-hybridized carbons (Fsp3) is 0.500. The van der Waals surface area contributed by atoms with Gasteiger partial charge < -0.3 is 35.4 Å². The minimum Gasteiger partial charge on any atom is -0.493 e. The highest BCUT2D eigenvalue weighted by molar-refractivity contribution is 5.91. The highest BCUT2D eigenvalue weighted by Crippen LogP contribution is 2.14. The van der Waals surface area contributed by atoms with Gasteiger partial charge in [0, 0.05) is 32.0 Å². The van der Waals surface area contributed by atoms with Gasteiger partial charge in [-0.25, -0.2) is 0 Å². The normalized spacial score (nSPS) is 11.9. The number of nitrogens with one attached hydrogen (secondary N) is 3. The number of aliphatic hydroxyl groups is 1. The first-order chi connectivity index (χ1) is 22.2. The third kappa shape index (κ3) is 14.1. The maximum atomic E-state index is 13.3. The molecule has 0 bridgehead atoms. The van der Waals surface area contributed by atoms with Crippen molar-refractivity contribution >= 4 is 29.6 Å². The Morgan fingerprint density at radius 2 is 1.61 bits per heavy atom. The summed E-state index contributed by atoms with van der Waals surface area (Å²) < 4.78 is 10.7. The zero-order valence-electron chi connectivity index (χ0n) is 27.1. The van der Waals surface area contributed by atoms with Crippen molar-refractivity contribution in [1.29, 1.82) is 0 Å². The number of benzene rings is 2. The molecule has 2 aromatic carbocycles. The number of rotatable bonds is 21. The SMILES string of the molecule is CCCC(CC(=O)NCC(=O)OCc1ccccc1)NC(=O)C(CC)N(CC)C(=O)CNC(=O)Cc1cccc(OCCCO)c1. The number of hydrogen-bond acceptors (Lipinski definition) is 8. The lowest BCUT2D eigenvalue weighted by atomic mass is 10.1. The van der Waals surface area contributed by atoms with Gasteiger partial charge in [0.1, 0.15) is 24.9 Å². The number of esters is 1. The van der Waals surface area contributed by atoms with E-state index in [-0.39, 0.29) is 51.6 Å². The van der Waals surface area contributed by atoms with Crippen molar-refractivity contribution in [2.75, 3.05) is 32.8 Å². The third-order valence-corrected chi connectivity index (χ3v) is 7.09. The molecule has 0 heterocycles. The van der Waals surface area contributed by atoms with Crippen LogP contribution in [0.4, 0.5) is 0 Å². The lowest BCUT2D eigenvalue weighted by molar-refractivity contribution is -0.145. The van der Waals surface area contributed by atoms with Crippen molar-refractivity contribution in [1.82, 2.24) is 20.9 Å². The van der Waals surface area contributed by atoms with Gasteiger partial charge in [-0.3, -0.25) is 24.0 Å². The van der Waals surface area contributed by atoms with Crippen molar-refractivity contribution in [2.24, 2.45) is 0 Å². The Morgan fingerprint density at radius 1 is 0.891 bits per heavy atom. The highest BCUT2D eigenvalue weighted by Gasteiger charge is 2.29. The number of carbonyl (C=O) groups excluding carboxylic acids is 5. The standard InChI is InChI=1S/C34H48N4O8/c1-4-12-27(21-31(41)36-23-33(43)46-24-25-13-8-7-9-14-25)37-34(44)29(5-2)38(6-3)32(42)22-35-30(40)20-26-15-10-16-28(19-26)45-18-11-17-39/h7-10,13-16,19,27,29,39H,4-6,11-12,17-18,20-24H2,1-3H3,(H,35,40)(H,36,41)(H,37,44). The number of likely N-dealkylation sites (N-methyl/N-ethyl adjacent to an activating group) is 1. The highest BCUT2D eigenvalue weighted by atomic mass is 16.5. The predicted molar refractivity (Wildman–Crippen MR) is 173 cm³/mol. The largest absolute Gasteiger partial charge is 0.493 e. The number of nitrogens with zero attached hydrogens (tertiary/aromatic N) is 1. The molecule has 2 unspecified atom stereocenters. The Hall–Kier alpha value is -4.45. The van der Waals surface area contributed by atoms with Gasteiger partial charge in [0.05, 0.1) is 19.6 Å². The van der Waals surface area contributed by atoms with Crippen LogP contribution in [0.25, 0.3) is 0 Å². The van der Waals surface area contributed by atoms with Gasteiger partial charge in [0.15, 0.2) is 0 Å². The first kappa shape index (κ1) is 37.7. The second-order valence-corrected chi connectivity index (χ2v) is 10.8. The molecule has 0 aliphatic heterocycles. The van der Waals surface area contributed by atoms with Gasteiger partial charge in [-0.05, 0) is 43.0 Å². The first-order valence-electron chi connectivity index (χ1n) is 15.9. The van der Waals surface area contributed by atoms with Crippen molar-refractivity contribution in [3.8, 4) is 5.75 Å². The Labute approximate surface area is 271 Å². The van der Waals surface area contributed by atoms with Gasteiger partial charge in [-0.15, -0.1) is 0 Å². The summed E-state index contributed by atoms with van der Waals surface area (Å²) in [6.07, 6.45) is 2.07. The van der Waals surface area contributed by atoms with Crippen LogP contribution in [0.3, 0.4) is 0 Å². The molecule has 12 heteroatoms. The molecule has 4 amide bonds.